The van der Waals surface area contributed by atoms with E-state index >= 15 is 0 Å². The van der Waals surface area contributed by atoms with Crippen LogP contribution < -0.4 is 4.74 Å². The summed E-state index contributed by atoms with van der Waals surface area (Å²) in [5.41, 5.74) is 3.31. The van der Waals surface area contributed by atoms with Gasteiger partial charge in [-0.05, 0) is 43.0 Å². The van der Waals surface area contributed by atoms with Crippen LogP contribution in [0.15, 0.2) is 12.1 Å². The topological polar surface area (TPSA) is 49.8 Å². The zero-order valence-electron chi connectivity index (χ0n) is 12.2. The molecule has 0 bridgehead atoms. The monoisotopic (exact) mass is 265 g/mol. The maximum Gasteiger partial charge on any atom is 0.222 e. The summed E-state index contributed by atoms with van der Waals surface area (Å²) in [6.45, 7) is 4.65. The minimum atomic E-state index is 0.0558. The molecule has 1 aromatic carbocycles. The van der Waals surface area contributed by atoms with E-state index in [1.54, 1.807) is 19.1 Å². The zero-order chi connectivity index (χ0) is 14.4. The van der Waals surface area contributed by atoms with Gasteiger partial charge in [-0.3, -0.25) is 4.79 Å². The lowest BCUT2D eigenvalue weighted by molar-refractivity contribution is -0.130. The largest absolute Gasteiger partial charge is 0.496 e. The van der Waals surface area contributed by atoms with E-state index in [-0.39, 0.29) is 12.5 Å². The fourth-order valence-electron chi connectivity index (χ4n) is 2.00. The molecule has 0 radical (unpaired) electrons. The minimum absolute atomic E-state index is 0.0558. The van der Waals surface area contributed by atoms with Crippen LogP contribution in [0.4, 0.5) is 0 Å². The molecule has 0 heterocycles. The molecule has 0 saturated carbocycles. The Morgan fingerprint density at radius 3 is 2.58 bits per heavy atom. The van der Waals surface area contributed by atoms with Gasteiger partial charge in [0.1, 0.15) is 5.75 Å². The second kappa shape index (κ2) is 7.14. The fraction of sp³-hybridized carbons (Fsp3) is 0.533. The summed E-state index contributed by atoms with van der Waals surface area (Å²) in [5, 5.41) is 8.74. The number of aliphatic hydroxyl groups is 1. The molecule has 1 amide bonds. The molecule has 1 N–H and O–H groups in total. The van der Waals surface area contributed by atoms with E-state index in [1.165, 1.54) is 0 Å². The Kier molecular flexibility index (Phi) is 5.83. The van der Waals surface area contributed by atoms with Crippen molar-refractivity contribution in [3.05, 3.63) is 28.8 Å². The van der Waals surface area contributed by atoms with Crippen LogP contribution in [-0.2, 0) is 11.3 Å². The smallest absolute Gasteiger partial charge is 0.222 e. The second-order valence-corrected chi connectivity index (χ2v) is 4.83. The summed E-state index contributed by atoms with van der Waals surface area (Å²) < 4.78 is 5.28. The third-order valence-electron chi connectivity index (χ3n) is 3.24. The number of nitrogens with zero attached hydrogens (tertiary/aromatic N) is 1. The number of methoxy groups -OCH3 is 1. The van der Waals surface area contributed by atoms with Crippen molar-refractivity contribution in [3.63, 3.8) is 0 Å². The molecule has 0 aromatic heterocycles. The van der Waals surface area contributed by atoms with Gasteiger partial charge in [-0.1, -0.05) is 6.07 Å². The molecule has 0 spiro atoms. The van der Waals surface area contributed by atoms with Gasteiger partial charge in [-0.15, -0.1) is 0 Å². The van der Waals surface area contributed by atoms with Gasteiger partial charge in [0.05, 0.1) is 7.11 Å². The van der Waals surface area contributed by atoms with Gasteiger partial charge in [0.25, 0.3) is 0 Å². The summed E-state index contributed by atoms with van der Waals surface area (Å²) >= 11 is 0. The Balaban J connectivity index is 2.76. The second-order valence-electron chi connectivity index (χ2n) is 4.83. The normalized spacial score (nSPS) is 10.4. The third-order valence-corrected chi connectivity index (χ3v) is 3.24. The summed E-state index contributed by atoms with van der Waals surface area (Å²) in [4.78, 5) is 13.5. The first kappa shape index (κ1) is 15.5. The summed E-state index contributed by atoms with van der Waals surface area (Å²) in [7, 11) is 3.45. The van der Waals surface area contributed by atoms with Crippen LogP contribution in [0, 0.1) is 13.8 Å². The van der Waals surface area contributed by atoms with Crippen molar-refractivity contribution in [2.45, 2.75) is 33.2 Å². The van der Waals surface area contributed by atoms with Crippen molar-refractivity contribution >= 4 is 5.91 Å². The number of carbonyl (C=O) groups excluding carboxylic acids is 1. The molecule has 0 fully saturated rings. The van der Waals surface area contributed by atoms with Crippen molar-refractivity contribution in [1.29, 1.82) is 0 Å². The van der Waals surface area contributed by atoms with Crippen LogP contribution in [0.2, 0.25) is 0 Å². The Morgan fingerprint density at radius 1 is 1.32 bits per heavy atom. The molecule has 1 aromatic rings. The van der Waals surface area contributed by atoms with Crippen molar-refractivity contribution in [1.82, 2.24) is 4.90 Å². The highest BCUT2D eigenvalue weighted by atomic mass is 16.5. The van der Waals surface area contributed by atoms with Crippen LogP contribution in [0.25, 0.3) is 0 Å². The maximum atomic E-state index is 11.8. The molecule has 19 heavy (non-hydrogen) atoms. The highest BCUT2D eigenvalue weighted by Crippen LogP contribution is 2.23. The van der Waals surface area contributed by atoms with Gasteiger partial charge in [0.2, 0.25) is 5.91 Å². The third kappa shape index (κ3) is 4.24. The molecule has 0 aliphatic carbocycles. The number of carbonyl (C=O) groups is 1. The van der Waals surface area contributed by atoms with Crippen LogP contribution in [-0.4, -0.2) is 36.7 Å². The van der Waals surface area contributed by atoms with Gasteiger partial charge in [-0.2, -0.15) is 0 Å². The van der Waals surface area contributed by atoms with E-state index in [4.69, 9.17) is 9.84 Å². The fourth-order valence-corrected chi connectivity index (χ4v) is 2.00. The number of ether oxygens (including phenoxy) is 1. The number of aryl methyl sites for hydroxylation is 2. The molecule has 4 heteroatoms. The van der Waals surface area contributed by atoms with Gasteiger partial charge >= 0.3 is 0 Å². The number of benzene rings is 1. The average molecular weight is 265 g/mol. The van der Waals surface area contributed by atoms with Gasteiger partial charge < -0.3 is 14.7 Å². The number of hydrogen-bond donors (Lipinski definition) is 1. The molecule has 0 atom stereocenters. The summed E-state index contributed by atoms with van der Waals surface area (Å²) in [6.07, 6.45) is 0.908. The Hall–Kier alpha value is -1.55. The summed E-state index contributed by atoms with van der Waals surface area (Å²) in [6, 6.07) is 4.06. The number of aliphatic hydroxyl groups excluding tert-OH is 1. The van der Waals surface area contributed by atoms with Crippen molar-refractivity contribution in [3.8, 4) is 5.75 Å². The van der Waals surface area contributed by atoms with E-state index in [1.807, 2.05) is 19.9 Å². The van der Waals surface area contributed by atoms with E-state index in [9.17, 15) is 4.79 Å². The van der Waals surface area contributed by atoms with Gasteiger partial charge in [0, 0.05) is 26.6 Å². The first-order valence-electron chi connectivity index (χ1n) is 6.48. The molecule has 1 rings (SSSR count). The number of rotatable bonds is 6. The first-order chi connectivity index (χ1) is 8.99. The van der Waals surface area contributed by atoms with E-state index in [0.29, 0.717) is 19.4 Å². The van der Waals surface area contributed by atoms with Crippen LogP contribution in [0.3, 0.4) is 0 Å². The Morgan fingerprint density at radius 2 is 2.00 bits per heavy atom. The minimum Gasteiger partial charge on any atom is -0.496 e. The quantitative estimate of drug-likeness (QED) is 0.856. The van der Waals surface area contributed by atoms with Crippen LogP contribution >= 0.6 is 0 Å². The standard InChI is InChI=1S/C15H23NO3/c1-11-9-14(19-4)12(2)8-13(11)10-16(3)15(18)6-5-7-17/h8-9,17H,5-7,10H2,1-4H3. The lowest BCUT2D eigenvalue weighted by Gasteiger charge is -2.19. The van der Waals surface area contributed by atoms with Crippen molar-refractivity contribution in [2.24, 2.45) is 0 Å². The number of amides is 1. The molecular weight excluding hydrogens is 242 g/mol. The molecule has 4 nitrogen and oxygen atoms in total. The maximum absolute atomic E-state index is 11.8. The molecular formula is C15H23NO3. The van der Waals surface area contributed by atoms with Crippen molar-refractivity contribution < 1.29 is 14.6 Å². The van der Waals surface area contributed by atoms with Crippen molar-refractivity contribution in [2.75, 3.05) is 20.8 Å². The lowest BCUT2D eigenvalue weighted by Crippen LogP contribution is -2.26. The van der Waals surface area contributed by atoms with Crippen LogP contribution in [0.5, 0.6) is 5.75 Å². The van der Waals surface area contributed by atoms with E-state index in [2.05, 4.69) is 6.07 Å². The Bertz CT molecular complexity index is 443. The molecule has 106 valence electrons. The highest BCUT2D eigenvalue weighted by molar-refractivity contribution is 5.75. The van der Waals surface area contributed by atoms with Gasteiger partial charge in [-0.25, -0.2) is 0 Å². The van der Waals surface area contributed by atoms with E-state index < -0.39 is 0 Å². The first-order valence-corrected chi connectivity index (χ1v) is 6.48. The van der Waals surface area contributed by atoms with E-state index in [0.717, 1.165) is 22.4 Å². The highest BCUT2D eigenvalue weighted by Gasteiger charge is 2.11. The average Bonchev–Trinajstić information content (AvgIpc) is 2.39. The van der Waals surface area contributed by atoms with Gasteiger partial charge in [0.15, 0.2) is 0 Å². The lowest BCUT2D eigenvalue weighted by atomic mass is 10.0. The predicted octanol–water partition coefficient (Wildman–Crippen LogP) is 2.04. The molecule has 0 aliphatic rings. The van der Waals surface area contributed by atoms with Crippen LogP contribution in [0.1, 0.15) is 29.5 Å². The molecule has 0 aliphatic heterocycles. The Labute approximate surface area is 115 Å². The SMILES string of the molecule is COc1cc(C)c(CN(C)C(=O)CCCO)cc1C. The number of hydrogen-bond acceptors (Lipinski definition) is 3. The molecule has 0 unspecified atom stereocenters. The molecule has 0 saturated heterocycles. The predicted molar refractivity (Wildman–Crippen MR) is 75.3 cm³/mol. The zero-order valence-corrected chi connectivity index (χ0v) is 12.2. The summed E-state index contributed by atoms with van der Waals surface area (Å²) in [5.74, 6) is 0.928.